The summed E-state index contributed by atoms with van der Waals surface area (Å²) in [6.45, 7) is 5.33. The lowest BCUT2D eigenvalue weighted by Gasteiger charge is -2.28. The lowest BCUT2D eigenvalue weighted by molar-refractivity contribution is -0.173. The van der Waals surface area contributed by atoms with Gasteiger partial charge in [-0.25, -0.2) is 0 Å². The Morgan fingerprint density at radius 2 is 1.73 bits per heavy atom. The molecular weight excluding hydrogens is 180 g/mol. The maximum Gasteiger partial charge on any atom is 0.142 e. The number of alkyl halides is 1. The van der Waals surface area contributed by atoms with E-state index in [4.69, 9.17) is 21.1 Å². The minimum Gasteiger partial charge on any atom is -0.355 e. The molecule has 0 heterocycles. The quantitative estimate of drug-likeness (QED) is 0.354. The van der Waals surface area contributed by atoms with Crippen LogP contribution in [0.15, 0.2) is 0 Å². The number of ether oxygens (including phenoxy) is 2. The van der Waals surface area contributed by atoms with E-state index in [1.165, 1.54) is 0 Å². The summed E-state index contributed by atoms with van der Waals surface area (Å²) < 4.78 is 10.9. The van der Waals surface area contributed by atoms with E-state index in [9.17, 15) is 0 Å². The molecule has 0 rings (SSSR count). The summed E-state index contributed by atoms with van der Waals surface area (Å²) in [4.78, 5) is 0. The molecule has 0 unspecified atom stereocenters. The summed E-state index contributed by atoms with van der Waals surface area (Å²) in [6, 6.07) is 0. The predicted molar refractivity (Wildman–Crippen MR) is 51.3 cm³/mol. The summed E-state index contributed by atoms with van der Waals surface area (Å²) in [6.07, 6.45) is 0.794. The Hall–Kier alpha value is 0.427. The Kier molecular flexibility index (Phi) is 6.23. The van der Waals surface area contributed by atoms with Gasteiger partial charge in [0.2, 0.25) is 0 Å². The second-order valence-corrected chi connectivity index (χ2v) is 4.34. The lowest BCUT2D eigenvalue weighted by atomic mass is 10.4. The molecule has 68 valence electrons. The SMILES string of the molecule is CCOC([SiH3])(CCCl)OCC. The molecule has 0 bridgehead atoms. The van der Waals surface area contributed by atoms with Crippen LogP contribution >= 0.6 is 11.6 Å². The summed E-state index contributed by atoms with van der Waals surface area (Å²) in [5.41, 5.74) is -0.342. The standard InChI is InChI=1S/C7H17ClO2Si/c1-3-9-7(11,5-6-8)10-4-2/h3-6H2,1-2,11H3. The van der Waals surface area contributed by atoms with Crippen LogP contribution in [0.1, 0.15) is 20.3 Å². The molecule has 0 aliphatic rings. The van der Waals surface area contributed by atoms with Crippen LogP contribution in [0.4, 0.5) is 0 Å². The van der Waals surface area contributed by atoms with Gasteiger partial charge < -0.3 is 9.47 Å². The monoisotopic (exact) mass is 196 g/mol. The van der Waals surface area contributed by atoms with E-state index in [0.717, 1.165) is 16.7 Å². The highest BCUT2D eigenvalue weighted by atomic mass is 35.5. The molecule has 2 nitrogen and oxygen atoms in total. The van der Waals surface area contributed by atoms with E-state index >= 15 is 0 Å². The molecular formula is C7H17ClO2Si. The van der Waals surface area contributed by atoms with E-state index in [1.54, 1.807) is 0 Å². The highest BCUT2D eigenvalue weighted by Crippen LogP contribution is 2.14. The van der Waals surface area contributed by atoms with Crippen molar-refractivity contribution in [3.05, 3.63) is 0 Å². The zero-order valence-electron chi connectivity index (χ0n) is 7.52. The molecule has 0 aromatic carbocycles. The summed E-state index contributed by atoms with van der Waals surface area (Å²) in [5.74, 6) is 0.601. The predicted octanol–water partition coefficient (Wildman–Crippen LogP) is 0.708. The number of rotatable bonds is 6. The minimum atomic E-state index is -0.342. The molecule has 0 N–H and O–H groups in total. The van der Waals surface area contributed by atoms with E-state index in [-0.39, 0.29) is 5.41 Å². The molecule has 0 spiro atoms. The fourth-order valence-corrected chi connectivity index (χ4v) is 2.46. The van der Waals surface area contributed by atoms with Crippen LogP contribution in [0.25, 0.3) is 0 Å². The number of halogens is 1. The van der Waals surface area contributed by atoms with Crippen LogP contribution in [0.2, 0.25) is 0 Å². The van der Waals surface area contributed by atoms with E-state index in [0.29, 0.717) is 19.1 Å². The van der Waals surface area contributed by atoms with Crippen LogP contribution < -0.4 is 0 Å². The fourth-order valence-electron chi connectivity index (χ4n) is 0.968. The first-order chi connectivity index (χ1) is 5.18. The van der Waals surface area contributed by atoms with Crippen molar-refractivity contribution in [2.75, 3.05) is 19.1 Å². The average Bonchev–Trinajstić information content (AvgIpc) is 1.88. The van der Waals surface area contributed by atoms with Crippen LogP contribution in [0, 0.1) is 0 Å². The van der Waals surface area contributed by atoms with Crippen LogP contribution in [0.5, 0.6) is 0 Å². The molecule has 0 aliphatic heterocycles. The largest absolute Gasteiger partial charge is 0.355 e. The second kappa shape index (κ2) is 6.00. The minimum absolute atomic E-state index is 0.342. The molecule has 0 fully saturated rings. The number of hydrogen-bond donors (Lipinski definition) is 0. The maximum absolute atomic E-state index is 5.62. The van der Waals surface area contributed by atoms with Gasteiger partial charge in [-0.2, -0.15) is 0 Å². The first-order valence-electron chi connectivity index (χ1n) is 4.02. The normalized spacial score (nSPS) is 12.3. The fraction of sp³-hybridized carbons (Fsp3) is 1.00. The lowest BCUT2D eigenvalue weighted by Crippen LogP contribution is -2.37. The van der Waals surface area contributed by atoms with Crippen molar-refractivity contribution in [2.45, 2.75) is 25.7 Å². The van der Waals surface area contributed by atoms with Gasteiger partial charge in [-0.05, 0) is 13.8 Å². The Morgan fingerprint density at radius 1 is 1.27 bits per heavy atom. The van der Waals surface area contributed by atoms with Crippen LogP contribution in [0.3, 0.4) is 0 Å². The van der Waals surface area contributed by atoms with Gasteiger partial charge >= 0.3 is 0 Å². The third-order valence-corrected chi connectivity index (χ3v) is 2.71. The molecule has 11 heavy (non-hydrogen) atoms. The summed E-state index contributed by atoms with van der Waals surface area (Å²) >= 11 is 5.62. The third kappa shape index (κ3) is 4.79. The van der Waals surface area contributed by atoms with Crippen LogP contribution in [-0.2, 0) is 9.47 Å². The molecule has 0 aromatic rings. The topological polar surface area (TPSA) is 18.5 Å². The van der Waals surface area contributed by atoms with Crippen molar-refractivity contribution in [3.63, 3.8) is 0 Å². The third-order valence-electron chi connectivity index (χ3n) is 1.45. The molecule has 0 amide bonds. The van der Waals surface area contributed by atoms with Crippen LogP contribution in [-0.4, -0.2) is 34.7 Å². The Balaban J connectivity index is 3.79. The van der Waals surface area contributed by atoms with Gasteiger partial charge in [-0.3, -0.25) is 0 Å². The Labute approximate surface area is 76.6 Å². The van der Waals surface area contributed by atoms with Gasteiger partial charge in [0.25, 0.3) is 0 Å². The molecule has 0 saturated heterocycles. The van der Waals surface area contributed by atoms with Gasteiger partial charge in [0, 0.05) is 25.5 Å². The second-order valence-electron chi connectivity index (χ2n) is 2.44. The smallest absolute Gasteiger partial charge is 0.142 e. The van der Waals surface area contributed by atoms with E-state index in [2.05, 4.69) is 0 Å². The molecule has 0 saturated carbocycles. The summed E-state index contributed by atoms with van der Waals surface area (Å²) in [5, 5.41) is 0. The van der Waals surface area contributed by atoms with Crippen molar-refractivity contribution in [1.29, 1.82) is 0 Å². The molecule has 0 radical (unpaired) electrons. The number of hydrogen-bond acceptors (Lipinski definition) is 2. The first-order valence-corrected chi connectivity index (χ1v) is 5.56. The van der Waals surface area contributed by atoms with Gasteiger partial charge in [-0.15, -0.1) is 11.6 Å². The molecule has 4 heteroatoms. The van der Waals surface area contributed by atoms with E-state index in [1.807, 2.05) is 13.8 Å². The van der Waals surface area contributed by atoms with Crippen molar-refractivity contribution in [3.8, 4) is 0 Å². The van der Waals surface area contributed by atoms with Gasteiger partial charge in [0.15, 0.2) is 0 Å². The Morgan fingerprint density at radius 3 is 2.00 bits per heavy atom. The zero-order chi connectivity index (χ0) is 8.74. The molecule has 0 aliphatic carbocycles. The van der Waals surface area contributed by atoms with Gasteiger partial charge in [-0.1, -0.05) is 0 Å². The van der Waals surface area contributed by atoms with Crippen molar-refractivity contribution in [1.82, 2.24) is 0 Å². The van der Waals surface area contributed by atoms with Crippen molar-refractivity contribution >= 4 is 21.8 Å². The van der Waals surface area contributed by atoms with Crippen molar-refractivity contribution < 1.29 is 9.47 Å². The average molecular weight is 197 g/mol. The highest BCUT2D eigenvalue weighted by molar-refractivity contribution is 6.19. The molecule has 0 atom stereocenters. The van der Waals surface area contributed by atoms with E-state index < -0.39 is 0 Å². The first kappa shape index (κ1) is 11.4. The molecule has 0 aromatic heterocycles. The highest BCUT2D eigenvalue weighted by Gasteiger charge is 2.22. The van der Waals surface area contributed by atoms with Crippen molar-refractivity contribution in [2.24, 2.45) is 0 Å². The Bertz CT molecular complexity index is 83.4. The van der Waals surface area contributed by atoms with Gasteiger partial charge in [0.1, 0.15) is 5.41 Å². The van der Waals surface area contributed by atoms with Gasteiger partial charge in [0.05, 0.1) is 10.2 Å². The maximum atomic E-state index is 5.62. The summed E-state index contributed by atoms with van der Waals surface area (Å²) in [7, 11) is 0.869. The zero-order valence-corrected chi connectivity index (χ0v) is 10.3.